The molecule has 8 heteroatoms. The number of nitrogens with zero attached hydrogens (tertiary/aromatic N) is 1. The minimum atomic E-state index is -0.990. The maximum atomic E-state index is 14.0. The van der Waals surface area contributed by atoms with E-state index in [1.165, 1.54) is 6.42 Å². The lowest BCUT2D eigenvalue weighted by molar-refractivity contribution is -0.147. The van der Waals surface area contributed by atoms with E-state index < -0.39 is 29.5 Å². The van der Waals surface area contributed by atoms with Crippen molar-refractivity contribution >= 4 is 17.7 Å². The summed E-state index contributed by atoms with van der Waals surface area (Å²) in [6.45, 7) is 6.35. The summed E-state index contributed by atoms with van der Waals surface area (Å²) in [5.74, 6) is -1.79. The summed E-state index contributed by atoms with van der Waals surface area (Å²) in [7, 11) is 0. The number of amides is 3. The van der Waals surface area contributed by atoms with Crippen LogP contribution in [0.4, 0.5) is 0 Å². The maximum absolute atomic E-state index is 14.0. The van der Waals surface area contributed by atoms with Crippen molar-refractivity contribution in [2.24, 2.45) is 17.8 Å². The number of rotatable bonds is 9. The van der Waals surface area contributed by atoms with Gasteiger partial charge in [0.05, 0.1) is 30.6 Å². The highest BCUT2D eigenvalue weighted by atomic mass is 16.5. The molecule has 1 aliphatic carbocycles. The zero-order valence-electron chi connectivity index (χ0n) is 20.3. The van der Waals surface area contributed by atoms with E-state index in [4.69, 9.17) is 4.74 Å². The summed E-state index contributed by atoms with van der Waals surface area (Å²) in [4.78, 5) is 42.5. The van der Waals surface area contributed by atoms with Gasteiger partial charge in [-0.25, -0.2) is 0 Å². The third-order valence-corrected chi connectivity index (χ3v) is 8.64. The molecule has 4 fully saturated rings. The Hall–Kier alpha value is -1.67. The summed E-state index contributed by atoms with van der Waals surface area (Å²) in [6.07, 6.45) is 7.77. The van der Waals surface area contributed by atoms with Crippen molar-refractivity contribution in [1.82, 2.24) is 15.5 Å². The molecule has 4 rings (SSSR count). The van der Waals surface area contributed by atoms with Gasteiger partial charge < -0.3 is 25.4 Å². The van der Waals surface area contributed by atoms with Crippen molar-refractivity contribution < 1.29 is 24.2 Å². The van der Waals surface area contributed by atoms with Gasteiger partial charge in [0.1, 0.15) is 11.6 Å². The summed E-state index contributed by atoms with van der Waals surface area (Å²) in [5.41, 5.74) is -0.990. The fraction of sp³-hybridized carbons (Fsp3) is 0.880. The van der Waals surface area contributed by atoms with Crippen molar-refractivity contribution in [3.8, 4) is 0 Å². The second-order valence-electron chi connectivity index (χ2n) is 10.6. The highest BCUT2D eigenvalue weighted by Crippen LogP contribution is 2.59. The molecule has 0 aromatic rings. The predicted molar refractivity (Wildman–Crippen MR) is 123 cm³/mol. The molecule has 0 aromatic heterocycles. The molecule has 186 valence electrons. The Bertz CT molecular complexity index is 754. The average molecular weight is 464 g/mol. The van der Waals surface area contributed by atoms with E-state index in [2.05, 4.69) is 10.6 Å². The van der Waals surface area contributed by atoms with Crippen LogP contribution in [0.3, 0.4) is 0 Å². The summed E-state index contributed by atoms with van der Waals surface area (Å²) in [6, 6.07) is -1.18. The molecule has 0 aromatic carbocycles. The Balaban J connectivity index is 1.69. The SMILES string of the molecule is CCCNC(=O)[C@@H]1[C@H]2C(=O)N([C@@H](CO)[C@@H](C)CC)C(C(=O)NC3CCCCC3)C23CC[C@H]1O3. The molecule has 7 atom stereocenters. The summed E-state index contributed by atoms with van der Waals surface area (Å²) < 4.78 is 6.46. The molecule has 1 spiro atoms. The Morgan fingerprint density at radius 2 is 1.91 bits per heavy atom. The van der Waals surface area contributed by atoms with Gasteiger partial charge in [-0.2, -0.15) is 0 Å². The minimum absolute atomic E-state index is 0.0173. The van der Waals surface area contributed by atoms with Crippen LogP contribution in [-0.2, 0) is 19.1 Å². The number of carbonyl (C=O) groups excluding carboxylic acids is 3. The average Bonchev–Trinajstić information content (AvgIpc) is 3.46. The van der Waals surface area contributed by atoms with E-state index in [0.29, 0.717) is 19.4 Å². The molecule has 8 nitrogen and oxygen atoms in total. The number of likely N-dealkylation sites (tertiary alicyclic amines) is 1. The summed E-state index contributed by atoms with van der Waals surface area (Å²) >= 11 is 0. The number of aliphatic hydroxyl groups is 1. The minimum Gasteiger partial charge on any atom is -0.394 e. The molecule has 3 aliphatic heterocycles. The first-order valence-electron chi connectivity index (χ1n) is 13.1. The van der Waals surface area contributed by atoms with E-state index in [1.54, 1.807) is 4.90 Å². The van der Waals surface area contributed by atoms with Crippen LogP contribution in [-0.4, -0.2) is 70.7 Å². The van der Waals surface area contributed by atoms with Crippen LogP contribution in [0.25, 0.3) is 0 Å². The number of hydrogen-bond donors (Lipinski definition) is 3. The van der Waals surface area contributed by atoms with Crippen LogP contribution in [0.15, 0.2) is 0 Å². The van der Waals surface area contributed by atoms with Crippen LogP contribution < -0.4 is 10.6 Å². The molecule has 3 N–H and O–H groups in total. The number of fused-ring (bicyclic) bond motifs is 1. The smallest absolute Gasteiger partial charge is 0.246 e. The number of ether oxygens (including phenoxy) is 1. The fourth-order valence-electron chi connectivity index (χ4n) is 6.76. The van der Waals surface area contributed by atoms with Gasteiger partial charge >= 0.3 is 0 Å². The Kier molecular flexibility index (Phi) is 7.34. The first kappa shape index (κ1) is 24.5. The molecule has 0 radical (unpaired) electrons. The maximum Gasteiger partial charge on any atom is 0.246 e. The topological polar surface area (TPSA) is 108 Å². The lowest BCUT2D eigenvalue weighted by atomic mass is 9.70. The number of carbonyl (C=O) groups is 3. The van der Waals surface area contributed by atoms with Gasteiger partial charge in [0, 0.05) is 12.6 Å². The third-order valence-electron chi connectivity index (χ3n) is 8.64. The zero-order valence-corrected chi connectivity index (χ0v) is 20.3. The van der Waals surface area contributed by atoms with Crippen molar-refractivity contribution in [2.45, 2.75) is 108 Å². The van der Waals surface area contributed by atoms with Crippen molar-refractivity contribution in [1.29, 1.82) is 0 Å². The molecule has 3 heterocycles. The molecule has 4 aliphatic rings. The highest BCUT2D eigenvalue weighted by Gasteiger charge is 2.75. The van der Waals surface area contributed by atoms with E-state index >= 15 is 0 Å². The van der Waals surface area contributed by atoms with E-state index in [0.717, 1.165) is 38.5 Å². The van der Waals surface area contributed by atoms with E-state index in [9.17, 15) is 19.5 Å². The fourth-order valence-corrected chi connectivity index (χ4v) is 6.76. The third kappa shape index (κ3) is 4.07. The Labute approximate surface area is 197 Å². The molecule has 1 saturated carbocycles. The Morgan fingerprint density at radius 3 is 2.55 bits per heavy atom. The molecule has 2 unspecified atom stereocenters. The largest absolute Gasteiger partial charge is 0.394 e. The molecule has 3 amide bonds. The predicted octanol–water partition coefficient (Wildman–Crippen LogP) is 1.74. The van der Waals surface area contributed by atoms with Gasteiger partial charge in [-0.15, -0.1) is 0 Å². The molecule has 2 bridgehead atoms. The van der Waals surface area contributed by atoms with Crippen LogP contribution in [0.1, 0.15) is 78.6 Å². The van der Waals surface area contributed by atoms with Crippen LogP contribution >= 0.6 is 0 Å². The van der Waals surface area contributed by atoms with Gasteiger partial charge in [-0.05, 0) is 38.0 Å². The monoisotopic (exact) mass is 463 g/mol. The lowest BCUT2D eigenvalue weighted by Crippen LogP contribution is -2.60. The van der Waals surface area contributed by atoms with Gasteiger partial charge in [-0.3, -0.25) is 14.4 Å². The molecule has 33 heavy (non-hydrogen) atoms. The zero-order chi connectivity index (χ0) is 23.8. The number of hydrogen-bond acceptors (Lipinski definition) is 5. The van der Waals surface area contributed by atoms with E-state index in [-0.39, 0.29) is 42.4 Å². The second kappa shape index (κ2) is 9.90. The van der Waals surface area contributed by atoms with Gasteiger partial charge in [0.15, 0.2) is 0 Å². The highest BCUT2D eigenvalue weighted by molar-refractivity contribution is 5.99. The van der Waals surface area contributed by atoms with Crippen molar-refractivity contribution in [2.75, 3.05) is 13.2 Å². The molecular weight excluding hydrogens is 422 g/mol. The first-order chi connectivity index (χ1) is 15.9. The first-order valence-corrected chi connectivity index (χ1v) is 13.1. The Morgan fingerprint density at radius 1 is 1.18 bits per heavy atom. The number of nitrogens with one attached hydrogen (secondary N) is 2. The van der Waals surface area contributed by atoms with Gasteiger partial charge in [0.25, 0.3) is 0 Å². The van der Waals surface area contributed by atoms with Gasteiger partial charge in [0.2, 0.25) is 17.7 Å². The second-order valence-corrected chi connectivity index (χ2v) is 10.6. The van der Waals surface area contributed by atoms with Crippen LogP contribution in [0.2, 0.25) is 0 Å². The quantitative estimate of drug-likeness (QED) is 0.483. The standard InChI is InChI=1S/C25H41N3O5/c1-4-13-26-22(30)19-18-11-12-25(33-18)20(19)24(32)28(17(14-29)15(3)5-2)21(25)23(31)27-16-9-7-6-8-10-16/h15-21,29H,4-14H2,1-3H3,(H,26,30)(H,27,31)/t15-,17-,18+,19-,20-,21?,25?/m0/s1. The lowest BCUT2D eigenvalue weighted by Gasteiger charge is -2.39. The molecular formula is C25H41N3O5. The van der Waals surface area contributed by atoms with Crippen molar-refractivity contribution in [3.05, 3.63) is 0 Å². The van der Waals surface area contributed by atoms with Crippen molar-refractivity contribution in [3.63, 3.8) is 0 Å². The molecule has 3 saturated heterocycles. The van der Waals surface area contributed by atoms with E-state index in [1.807, 2.05) is 20.8 Å². The summed E-state index contributed by atoms with van der Waals surface area (Å²) in [5, 5.41) is 16.5. The van der Waals surface area contributed by atoms with Gasteiger partial charge in [-0.1, -0.05) is 46.5 Å². The van der Waals surface area contributed by atoms with Crippen LogP contribution in [0.5, 0.6) is 0 Å². The van der Waals surface area contributed by atoms with Crippen LogP contribution in [0, 0.1) is 17.8 Å². The normalized spacial score (nSPS) is 35.4. The number of aliphatic hydroxyl groups excluding tert-OH is 1.